The van der Waals surface area contributed by atoms with Gasteiger partial charge in [0.1, 0.15) is 11.4 Å². The van der Waals surface area contributed by atoms with E-state index < -0.39 is 12.3 Å². The molecule has 178 valence electrons. The highest BCUT2D eigenvalue weighted by Crippen LogP contribution is 2.32. The highest BCUT2D eigenvalue weighted by molar-refractivity contribution is 6.09. The zero-order valence-electron chi connectivity index (χ0n) is 19.1. The number of hydrogen-bond acceptors (Lipinski definition) is 6. The SMILES string of the molecule is CC(C)(C)n1cc2cc(NC(=O)c3cnn4ccc(N5CCOCC5)nc34)c(C(F)F)cc2n1. The normalized spacial score (nSPS) is 14.9. The lowest BCUT2D eigenvalue weighted by Gasteiger charge is -2.27. The van der Waals surface area contributed by atoms with E-state index in [4.69, 9.17) is 4.74 Å². The molecule has 1 fully saturated rings. The maximum atomic E-state index is 13.9. The maximum absolute atomic E-state index is 13.9. The van der Waals surface area contributed by atoms with Crippen LogP contribution in [0.25, 0.3) is 16.6 Å². The molecule has 0 unspecified atom stereocenters. The fourth-order valence-corrected chi connectivity index (χ4v) is 3.90. The fourth-order valence-electron chi connectivity index (χ4n) is 3.90. The fraction of sp³-hybridized carbons (Fsp3) is 0.391. The van der Waals surface area contributed by atoms with Gasteiger partial charge in [0.15, 0.2) is 5.65 Å². The first-order valence-electron chi connectivity index (χ1n) is 11.0. The van der Waals surface area contributed by atoms with Crippen LogP contribution in [0.3, 0.4) is 0 Å². The first-order chi connectivity index (χ1) is 16.2. The highest BCUT2D eigenvalue weighted by atomic mass is 19.3. The van der Waals surface area contributed by atoms with Gasteiger partial charge in [-0.15, -0.1) is 0 Å². The number of benzene rings is 1. The summed E-state index contributed by atoms with van der Waals surface area (Å²) in [7, 11) is 0. The van der Waals surface area contributed by atoms with E-state index in [9.17, 15) is 13.6 Å². The largest absolute Gasteiger partial charge is 0.378 e. The molecule has 1 N–H and O–H groups in total. The molecule has 0 saturated carbocycles. The van der Waals surface area contributed by atoms with Gasteiger partial charge in [0.2, 0.25) is 0 Å². The summed E-state index contributed by atoms with van der Waals surface area (Å²) in [6, 6.07) is 4.67. The quantitative estimate of drug-likeness (QED) is 0.488. The van der Waals surface area contributed by atoms with Crippen molar-refractivity contribution >= 4 is 34.0 Å². The summed E-state index contributed by atoms with van der Waals surface area (Å²) in [6.07, 6.45) is 2.11. The molecular formula is C23H25F2N7O2. The summed E-state index contributed by atoms with van der Waals surface area (Å²) in [6.45, 7) is 8.50. The predicted octanol–water partition coefficient (Wildman–Crippen LogP) is 3.86. The molecule has 1 amide bonds. The van der Waals surface area contributed by atoms with Gasteiger partial charge in [-0.25, -0.2) is 18.3 Å². The standard InChI is InChI=1S/C23H25F2N7O2/c1-23(2,3)32-13-14-10-18(15(20(24)25)11-17(14)29-32)27-22(33)16-12-26-31-5-4-19(28-21(16)31)30-6-8-34-9-7-30/h4-5,10-13,20H,6-9H2,1-3H3,(H,27,33). The van der Waals surface area contributed by atoms with Crippen molar-refractivity contribution in [1.82, 2.24) is 24.4 Å². The van der Waals surface area contributed by atoms with Crippen LogP contribution >= 0.6 is 0 Å². The molecule has 1 aromatic carbocycles. The monoisotopic (exact) mass is 469 g/mol. The molecule has 4 heterocycles. The molecule has 0 aliphatic carbocycles. The summed E-state index contributed by atoms with van der Waals surface area (Å²) >= 11 is 0. The third-order valence-electron chi connectivity index (χ3n) is 5.78. The van der Waals surface area contributed by atoms with Crippen LogP contribution < -0.4 is 10.2 Å². The van der Waals surface area contributed by atoms with E-state index in [1.807, 2.05) is 26.8 Å². The van der Waals surface area contributed by atoms with Crippen molar-refractivity contribution in [2.45, 2.75) is 32.7 Å². The molecule has 0 bridgehead atoms. The summed E-state index contributed by atoms with van der Waals surface area (Å²) in [5.41, 5.74) is 0.413. The topological polar surface area (TPSA) is 89.6 Å². The number of fused-ring (bicyclic) bond motifs is 2. The minimum absolute atomic E-state index is 0.0321. The van der Waals surface area contributed by atoms with Crippen LogP contribution in [0.2, 0.25) is 0 Å². The van der Waals surface area contributed by atoms with Gasteiger partial charge in [-0.05, 0) is 39.0 Å². The van der Waals surface area contributed by atoms with Crippen LogP contribution in [-0.4, -0.2) is 56.6 Å². The number of aromatic nitrogens is 5. The molecule has 0 spiro atoms. The molecule has 9 nitrogen and oxygen atoms in total. The Morgan fingerprint density at radius 1 is 1.21 bits per heavy atom. The average molecular weight is 469 g/mol. The van der Waals surface area contributed by atoms with E-state index in [0.29, 0.717) is 48.7 Å². The van der Waals surface area contributed by atoms with Crippen molar-refractivity contribution in [3.05, 3.63) is 47.9 Å². The van der Waals surface area contributed by atoms with Crippen molar-refractivity contribution in [3.8, 4) is 0 Å². The number of carbonyl (C=O) groups excluding carboxylic acids is 1. The lowest BCUT2D eigenvalue weighted by Crippen LogP contribution is -2.36. The Labute approximate surface area is 194 Å². The molecular weight excluding hydrogens is 444 g/mol. The Balaban J connectivity index is 1.49. The van der Waals surface area contributed by atoms with Gasteiger partial charge in [0.05, 0.1) is 36.2 Å². The Bertz CT molecular complexity index is 1370. The summed E-state index contributed by atoms with van der Waals surface area (Å²) in [5.74, 6) is 0.140. The molecule has 11 heteroatoms. The van der Waals surface area contributed by atoms with Gasteiger partial charge in [-0.1, -0.05) is 0 Å². The molecule has 1 saturated heterocycles. The first-order valence-corrected chi connectivity index (χ1v) is 11.0. The van der Waals surface area contributed by atoms with Crippen molar-refractivity contribution in [3.63, 3.8) is 0 Å². The van der Waals surface area contributed by atoms with Gasteiger partial charge in [0.25, 0.3) is 12.3 Å². The second kappa shape index (κ2) is 8.32. The molecule has 1 aliphatic rings. The number of nitrogens with one attached hydrogen (secondary N) is 1. The van der Waals surface area contributed by atoms with E-state index >= 15 is 0 Å². The number of carbonyl (C=O) groups is 1. The number of ether oxygens (including phenoxy) is 1. The van der Waals surface area contributed by atoms with Crippen LogP contribution in [0, 0.1) is 0 Å². The number of anilines is 2. The van der Waals surface area contributed by atoms with E-state index in [0.717, 1.165) is 0 Å². The van der Waals surface area contributed by atoms with E-state index in [2.05, 4.69) is 25.4 Å². The molecule has 3 aromatic heterocycles. The number of amides is 1. The smallest absolute Gasteiger partial charge is 0.265 e. The Hall–Kier alpha value is -3.60. The third kappa shape index (κ3) is 4.07. The van der Waals surface area contributed by atoms with Crippen LogP contribution in [0.15, 0.2) is 36.8 Å². The van der Waals surface area contributed by atoms with Gasteiger partial charge in [-0.2, -0.15) is 10.2 Å². The molecule has 34 heavy (non-hydrogen) atoms. The van der Waals surface area contributed by atoms with E-state index in [1.54, 1.807) is 17.1 Å². The number of nitrogens with zero attached hydrogens (tertiary/aromatic N) is 6. The lowest BCUT2D eigenvalue weighted by molar-refractivity contribution is 0.102. The molecule has 0 radical (unpaired) electrons. The zero-order chi connectivity index (χ0) is 24.0. The first kappa shape index (κ1) is 22.2. The molecule has 0 atom stereocenters. The average Bonchev–Trinajstić information content (AvgIpc) is 3.42. The van der Waals surface area contributed by atoms with Crippen LogP contribution in [0.5, 0.6) is 0 Å². The third-order valence-corrected chi connectivity index (χ3v) is 5.78. The summed E-state index contributed by atoms with van der Waals surface area (Å²) in [5, 5.41) is 11.9. The maximum Gasteiger partial charge on any atom is 0.265 e. The number of rotatable bonds is 4. The second-order valence-electron chi connectivity index (χ2n) is 9.21. The number of hydrogen-bond donors (Lipinski definition) is 1. The van der Waals surface area contributed by atoms with E-state index in [-0.39, 0.29) is 22.4 Å². The zero-order valence-corrected chi connectivity index (χ0v) is 19.1. The van der Waals surface area contributed by atoms with Gasteiger partial charge >= 0.3 is 0 Å². The molecule has 1 aliphatic heterocycles. The second-order valence-corrected chi connectivity index (χ2v) is 9.21. The Morgan fingerprint density at radius 3 is 2.68 bits per heavy atom. The number of halogens is 2. The number of alkyl halides is 2. The van der Waals surface area contributed by atoms with Gasteiger partial charge in [0, 0.05) is 36.4 Å². The molecule has 4 aromatic rings. The summed E-state index contributed by atoms with van der Waals surface area (Å²) < 4.78 is 36.3. The van der Waals surface area contributed by atoms with Gasteiger partial charge in [-0.3, -0.25) is 9.48 Å². The number of morpholine rings is 1. The van der Waals surface area contributed by atoms with Crippen molar-refractivity contribution in [2.75, 3.05) is 36.5 Å². The Kier molecular flexibility index (Phi) is 5.43. The molecule has 5 rings (SSSR count). The predicted molar refractivity (Wildman–Crippen MR) is 124 cm³/mol. The lowest BCUT2D eigenvalue weighted by atomic mass is 10.1. The minimum Gasteiger partial charge on any atom is -0.378 e. The van der Waals surface area contributed by atoms with Crippen molar-refractivity contribution < 1.29 is 18.3 Å². The van der Waals surface area contributed by atoms with Crippen LogP contribution in [-0.2, 0) is 10.3 Å². The van der Waals surface area contributed by atoms with E-state index in [1.165, 1.54) is 22.8 Å². The minimum atomic E-state index is -2.78. The van der Waals surface area contributed by atoms with Crippen molar-refractivity contribution in [1.29, 1.82) is 0 Å². The Morgan fingerprint density at radius 2 is 1.97 bits per heavy atom. The van der Waals surface area contributed by atoms with Crippen molar-refractivity contribution in [2.24, 2.45) is 0 Å². The summed E-state index contributed by atoms with van der Waals surface area (Å²) in [4.78, 5) is 19.8. The van der Waals surface area contributed by atoms with Crippen LogP contribution in [0.1, 0.15) is 43.1 Å². The van der Waals surface area contributed by atoms with Gasteiger partial charge < -0.3 is 15.0 Å². The highest BCUT2D eigenvalue weighted by Gasteiger charge is 2.23. The van der Waals surface area contributed by atoms with Crippen LogP contribution in [0.4, 0.5) is 20.3 Å².